The van der Waals surface area contributed by atoms with Crippen molar-refractivity contribution in [2.45, 2.75) is 72.3 Å². The van der Waals surface area contributed by atoms with E-state index in [1.165, 1.54) is 0 Å². The minimum absolute atomic E-state index is 0. The standard InChI is InChI=1S/C24H26BN3O2.C23H17N7.C5H5BrN4.CH4/c1-16(17-9-7-6-8-10-17)28-22-18(14-26)15-27-21-12-11-19(13-20(21)22)25-29-23(2,3)24(4,5)30-25;1-14(15-5-3-2-4-6-15)27-22-18(11-24)13-25-20-8-7-16(9-19(20)22)17-10-21-23(26-12-17)29-30-28-21;6-3-1-4(10-8)5(7)9-2-3;/h6-13,15-16H,1-5H3,(H,27,28);2-10,12-14H,1H3,(H,25,27)(H,26,28,29,30);1-2,8H,(H2,7,9);1H4. The van der Waals surface area contributed by atoms with Crippen LogP contribution in [0.15, 0.2) is 144 Å². The molecule has 1 aliphatic rings. The molecule has 1 fully saturated rings. The number of hydrogen-bond acceptors (Lipinski definition) is 15. The zero-order chi connectivity index (χ0) is 49.6. The molecule has 1 saturated heterocycles. The maximum Gasteiger partial charge on any atom is 0.494 e. The van der Waals surface area contributed by atoms with Crippen molar-refractivity contribution in [1.29, 1.82) is 16.1 Å². The van der Waals surface area contributed by atoms with Crippen LogP contribution in [0.2, 0.25) is 0 Å². The molecule has 0 radical (unpaired) electrons. The number of fused-ring (bicyclic) bond motifs is 3. The fraction of sp³-hybridized carbons (Fsp3) is 0.208. The monoisotopic (exact) mass is 1010 g/mol. The number of nitriles is 2. The third kappa shape index (κ3) is 11.2. The molecule has 0 saturated carbocycles. The van der Waals surface area contributed by atoms with Crippen LogP contribution in [-0.2, 0) is 9.31 Å². The number of pyridine rings is 4. The molecule has 5 aromatic heterocycles. The van der Waals surface area contributed by atoms with E-state index >= 15 is 0 Å². The molecule has 6 heterocycles. The minimum Gasteiger partial charge on any atom is -0.399 e. The summed E-state index contributed by atoms with van der Waals surface area (Å²) in [6.07, 6.45) is 6.57. The first kappa shape index (κ1) is 50.7. The highest BCUT2D eigenvalue weighted by atomic mass is 79.9. The maximum atomic E-state index is 9.70. The first-order valence-corrected chi connectivity index (χ1v) is 23.1. The molecule has 10 rings (SSSR count). The number of rotatable bonds is 9. The topological polar surface area (TPSA) is 245 Å². The fourth-order valence-corrected chi connectivity index (χ4v) is 8.02. The Labute approximate surface area is 420 Å². The predicted octanol–water partition coefficient (Wildman–Crippen LogP) is 11.9. The molecule has 0 bridgehead atoms. The number of halogens is 1. The van der Waals surface area contributed by atoms with E-state index in [4.69, 9.17) is 20.6 Å². The number of anilines is 3. The molecule has 6 N–H and O–H groups in total. The van der Waals surface area contributed by atoms with Gasteiger partial charge in [0.05, 0.1) is 44.7 Å². The van der Waals surface area contributed by atoms with Gasteiger partial charge >= 0.3 is 7.12 Å². The number of nitrogens with two attached hydrogens (primary N) is 1. The van der Waals surface area contributed by atoms with Crippen molar-refractivity contribution in [3.63, 3.8) is 0 Å². The Kier molecular flexibility index (Phi) is 15.5. The van der Waals surface area contributed by atoms with E-state index < -0.39 is 18.3 Å². The Morgan fingerprint density at radius 1 is 0.676 bits per heavy atom. The van der Waals surface area contributed by atoms with E-state index in [1.54, 1.807) is 30.9 Å². The van der Waals surface area contributed by atoms with Crippen molar-refractivity contribution in [3.8, 4) is 23.3 Å². The third-order valence-electron chi connectivity index (χ3n) is 12.3. The van der Waals surface area contributed by atoms with Crippen molar-refractivity contribution in [2.24, 2.45) is 5.11 Å². The van der Waals surface area contributed by atoms with Gasteiger partial charge in [0.15, 0.2) is 5.82 Å². The first-order chi connectivity index (χ1) is 33.7. The van der Waals surface area contributed by atoms with Gasteiger partial charge in [0.25, 0.3) is 0 Å². The third-order valence-corrected chi connectivity index (χ3v) is 12.8. The van der Waals surface area contributed by atoms with Crippen LogP contribution in [-0.4, -0.2) is 53.7 Å². The van der Waals surface area contributed by atoms with Crippen LogP contribution in [0.5, 0.6) is 0 Å². The molecular formula is C53H52BBrN14O2. The molecular weight excluding hydrogens is 955 g/mol. The lowest BCUT2D eigenvalue weighted by Gasteiger charge is -2.32. The van der Waals surface area contributed by atoms with Crippen LogP contribution in [0.3, 0.4) is 0 Å². The van der Waals surface area contributed by atoms with Crippen molar-refractivity contribution in [1.82, 2.24) is 35.3 Å². The van der Waals surface area contributed by atoms with Gasteiger partial charge in [0, 0.05) is 57.7 Å². The van der Waals surface area contributed by atoms with E-state index in [0.717, 1.165) is 65.4 Å². The molecule has 71 heavy (non-hydrogen) atoms. The van der Waals surface area contributed by atoms with Crippen LogP contribution in [0.25, 0.3) is 44.1 Å². The van der Waals surface area contributed by atoms with Crippen LogP contribution in [0.4, 0.5) is 22.9 Å². The molecule has 18 heteroatoms. The number of H-pyrrole nitrogens is 1. The molecule has 9 aromatic rings. The SMILES string of the molecule is C.CC(Nc1c(C#N)cnc2ccc(-c3cnc4n[nH]nc4c3)cc12)c1ccccc1.CC(Nc1c(C#N)cnc2ccc(B3OC(C)(C)C(C)(C)O3)cc12)c1ccccc1.N=Nc1cc(Br)cnc1N. The normalized spacial score (nSPS) is 14.1. The lowest BCUT2D eigenvalue weighted by molar-refractivity contribution is 0.00578. The molecule has 2 atom stereocenters. The van der Waals surface area contributed by atoms with Crippen molar-refractivity contribution in [3.05, 3.63) is 161 Å². The highest BCUT2D eigenvalue weighted by Gasteiger charge is 2.51. The average Bonchev–Trinajstić information content (AvgIpc) is 3.94. The first-order valence-electron chi connectivity index (χ1n) is 22.3. The lowest BCUT2D eigenvalue weighted by Crippen LogP contribution is -2.41. The largest absolute Gasteiger partial charge is 0.494 e. The Hall–Kier alpha value is -8.16. The Morgan fingerprint density at radius 2 is 1.23 bits per heavy atom. The van der Waals surface area contributed by atoms with Crippen molar-refractivity contribution >= 4 is 84.4 Å². The lowest BCUT2D eigenvalue weighted by atomic mass is 9.78. The van der Waals surface area contributed by atoms with E-state index in [1.807, 2.05) is 107 Å². The van der Waals surface area contributed by atoms with Gasteiger partial charge in [-0.1, -0.05) is 86.3 Å². The summed E-state index contributed by atoms with van der Waals surface area (Å²) in [6.45, 7) is 12.3. The quantitative estimate of drug-likeness (QED) is 0.0668. The number of aromatic amines is 1. The zero-order valence-corrected chi connectivity index (χ0v) is 40.8. The fourth-order valence-electron chi connectivity index (χ4n) is 7.70. The minimum atomic E-state index is -0.468. The summed E-state index contributed by atoms with van der Waals surface area (Å²) in [5, 5.41) is 42.1. The van der Waals surface area contributed by atoms with Gasteiger partial charge in [-0.15, -0.1) is 5.10 Å². The Bertz CT molecular complexity index is 3420. The van der Waals surface area contributed by atoms with Gasteiger partial charge in [0.1, 0.15) is 23.3 Å². The second-order valence-corrected chi connectivity index (χ2v) is 18.4. The second-order valence-electron chi connectivity index (χ2n) is 17.5. The smallest absolute Gasteiger partial charge is 0.399 e. The summed E-state index contributed by atoms with van der Waals surface area (Å²) in [6, 6.07) is 40.4. The van der Waals surface area contributed by atoms with Crippen LogP contribution in [0, 0.1) is 28.2 Å². The highest BCUT2D eigenvalue weighted by molar-refractivity contribution is 9.10. The predicted molar refractivity (Wildman–Crippen MR) is 284 cm³/mol. The van der Waals surface area contributed by atoms with E-state index in [2.05, 4.69) is 117 Å². The van der Waals surface area contributed by atoms with E-state index in [0.29, 0.717) is 28.0 Å². The molecule has 356 valence electrons. The number of nitrogens with one attached hydrogen (secondary N) is 4. The summed E-state index contributed by atoms with van der Waals surface area (Å²) >= 11 is 3.18. The number of nitrogen functional groups attached to an aromatic ring is 1. The number of hydrogen-bond donors (Lipinski definition) is 5. The van der Waals surface area contributed by atoms with E-state index in [9.17, 15) is 10.5 Å². The number of nitrogens with zero attached hydrogens (tertiary/aromatic N) is 9. The van der Waals surface area contributed by atoms with Crippen molar-refractivity contribution < 1.29 is 9.31 Å². The van der Waals surface area contributed by atoms with E-state index in [-0.39, 0.29) is 25.3 Å². The van der Waals surface area contributed by atoms with Gasteiger partial charge in [-0.2, -0.15) is 26.0 Å². The summed E-state index contributed by atoms with van der Waals surface area (Å²) in [4.78, 5) is 17.1. The number of aromatic nitrogens is 7. The summed E-state index contributed by atoms with van der Waals surface area (Å²) < 4.78 is 13.2. The zero-order valence-electron chi connectivity index (χ0n) is 39.2. The van der Waals surface area contributed by atoms with Gasteiger partial charge in [0.2, 0.25) is 5.65 Å². The van der Waals surface area contributed by atoms with Crippen LogP contribution < -0.4 is 21.8 Å². The number of benzene rings is 4. The van der Waals surface area contributed by atoms with Crippen molar-refractivity contribution in [2.75, 3.05) is 16.4 Å². The molecule has 0 spiro atoms. The second kappa shape index (κ2) is 21.6. The molecule has 0 amide bonds. The summed E-state index contributed by atoms with van der Waals surface area (Å²) in [7, 11) is -0.468. The van der Waals surface area contributed by atoms with Gasteiger partial charge < -0.3 is 25.7 Å². The van der Waals surface area contributed by atoms with Crippen LogP contribution in [0.1, 0.15) is 83.3 Å². The highest BCUT2D eigenvalue weighted by Crippen LogP contribution is 2.38. The van der Waals surface area contributed by atoms with Gasteiger partial charge in [-0.05, 0) is 110 Å². The molecule has 4 aromatic carbocycles. The average molecular weight is 1010 g/mol. The molecule has 16 nitrogen and oxygen atoms in total. The molecule has 1 aliphatic heterocycles. The van der Waals surface area contributed by atoms with Gasteiger partial charge in [-0.3, -0.25) is 9.97 Å². The maximum absolute atomic E-state index is 9.70. The summed E-state index contributed by atoms with van der Waals surface area (Å²) in [5.74, 6) is 0.276. The summed E-state index contributed by atoms with van der Waals surface area (Å²) in [5.41, 5.74) is 22.1. The molecule has 0 aliphatic carbocycles. The molecule has 2 unspecified atom stereocenters. The Morgan fingerprint density at radius 3 is 1.76 bits per heavy atom. The van der Waals surface area contributed by atoms with Gasteiger partial charge in [-0.25, -0.2) is 15.5 Å². The Balaban J connectivity index is 0.000000173. The van der Waals surface area contributed by atoms with Crippen LogP contribution >= 0.6 is 15.9 Å².